The molecule has 5 rings (SSSR count). The maximum Gasteiger partial charge on any atom is 0.283 e. The molecule has 0 saturated heterocycles. The van der Waals surface area contributed by atoms with Crippen LogP contribution in [-0.2, 0) is 11.3 Å². The number of fused-ring (bicyclic) bond motifs is 2. The van der Waals surface area contributed by atoms with Gasteiger partial charge < -0.3 is 9.30 Å². The number of aliphatic imine (C=N–C) groups is 1. The summed E-state index contributed by atoms with van der Waals surface area (Å²) >= 11 is 7.38. The summed E-state index contributed by atoms with van der Waals surface area (Å²) in [6.07, 6.45) is 4.50. The van der Waals surface area contributed by atoms with Gasteiger partial charge in [0.05, 0.1) is 22.7 Å². The Labute approximate surface area is 193 Å². The number of benzene rings is 2. The van der Waals surface area contributed by atoms with Gasteiger partial charge in [-0.2, -0.15) is 15.1 Å². The first-order chi connectivity index (χ1) is 15.6. The Morgan fingerprint density at radius 1 is 1.16 bits per heavy atom. The molecule has 0 fully saturated rings. The van der Waals surface area contributed by atoms with E-state index in [1.165, 1.54) is 16.8 Å². The van der Waals surface area contributed by atoms with Crippen molar-refractivity contribution in [2.75, 3.05) is 6.61 Å². The van der Waals surface area contributed by atoms with Crippen LogP contribution in [0.5, 0.6) is 5.75 Å². The number of rotatable bonds is 6. The fourth-order valence-electron chi connectivity index (χ4n) is 3.65. The van der Waals surface area contributed by atoms with E-state index in [0.29, 0.717) is 22.5 Å². The van der Waals surface area contributed by atoms with Crippen molar-refractivity contribution >= 4 is 62.8 Å². The maximum absolute atomic E-state index is 12.5. The van der Waals surface area contributed by atoms with Crippen molar-refractivity contribution in [1.29, 1.82) is 5.41 Å². The smallest absolute Gasteiger partial charge is 0.283 e. The van der Waals surface area contributed by atoms with Crippen molar-refractivity contribution in [3.05, 3.63) is 70.9 Å². The van der Waals surface area contributed by atoms with Crippen LogP contribution in [0.25, 0.3) is 17.0 Å². The van der Waals surface area contributed by atoms with Crippen LogP contribution < -0.4 is 4.74 Å². The number of carbonyl (C=O) groups is 1. The topological polar surface area (TPSA) is 83.0 Å². The van der Waals surface area contributed by atoms with Crippen molar-refractivity contribution in [2.45, 2.75) is 13.0 Å². The summed E-state index contributed by atoms with van der Waals surface area (Å²) in [6, 6.07) is 15.4. The van der Waals surface area contributed by atoms with Gasteiger partial charge in [0.15, 0.2) is 11.0 Å². The van der Waals surface area contributed by atoms with E-state index in [2.05, 4.69) is 14.7 Å². The Morgan fingerprint density at radius 2 is 1.97 bits per heavy atom. The molecule has 0 aliphatic carbocycles. The van der Waals surface area contributed by atoms with Crippen molar-refractivity contribution in [3.8, 4) is 5.75 Å². The molecule has 2 aliphatic rings. The van der Waals surface area contributed by atoms with Crippen molar-refractivity contribution in [2.24, 2.45) is 10.1 Å². The van der Waals surface area contributed by atoms with Gasteiger partial charge in [-0.25, -0.2) is 0 Å². The van der Waals surface area contributed by atoms with Gasteiger partial charge >= 0.3 is 0 Å². The fourth-order valence-corrected chi connectivity index (χ4v) is 4.45. The molecule has 1 amide bonds. The van der Waals surface area contributed by atoms with Gasteiger partial charge in [0.1, 0.15) is 5.75 Å². The van der Waals surface area contributed by atoms with Crippen LogP contribution in [0.1, 0.15) is 12.0 Å². The molecule has 32 heavy (non-hydrogen) atoms. The van der Waals surface area contributed by atoms with E-state index in [0.717, 1.165) is 29.4 Å². The third kappa shape index (κ3) is 3.83. The molecule has 2 aliphatic heterocycles. The number of nitrogens with one attached hydrogen (secondary N) is 1. The van der Waals surface area contributed by atoms with E-state index in [-0.39, 0.29) is 11.4 Å². The molecule has 7 nitrogen and oxygen atoms in total. The van der Waals surface area contributed by atoms with E-state index in [9.17, 15) is 4.79 Å². The molecule has 0 radical (unpaired) electrons. The van der Waals surface area contributed by atoms with E-state index >= 15 is 0 Å². The van der Waals surface area contributed by atoms with Crippen LogP contribution in [-0.4, -0.2) is 38.6 Å². The monoisotopic (exact) mass is 463 g/mol. The van der Waals surface area contributed by atoms with Gasteiger partial charge in [0, 0.05) is 29.2 Å². The number of hydrazone groups is 1. The van der Waals surface area contributed by atoms with Crippen molar-refractivity contribution < 1.29 is 9.53 Å². The molecule has 160 valence electrons. The van der Waals surface area contributed by atoms with Crippen LogP contribution in [0, 0.1) is 5.41 Å². The van der Waals surface area contributed by atoms with Gasteiger partial charge in [-0.1, -0.05) is 41.9 Å². The lowest BCUT2D eigenvalue weighted by Gasteiger charge is -2.20. The Balaban J connectivity index is 1.38. The van der Waals surface area contributed by atoms with Crippen LogP contribution >= 0.6 is 23.4 Å². The van der Waals surface area contributed by atoms with E-state index < -0.39 is 5.91 Å². The zero-order valence-electron chi connectivity index (χ0n) is 16.9. The summed E-state index contributed by atoms with van der Waals surface area (Å²) in [4.78, 5) is 16.6. The highest BCUT2D eigenvalue weighted by Crippen LogP contribution is 2.28. The van der Waals surface area contributed by atoms with Crippen LogP contribution in [0.3, 0.4) is 0 Å². The first-order valence-electron chi connectivity index (χ1n) is 10.00. The van der Waals surface area contributed by atoms with Gasteiger partial charge in [-0.15, -0.1) is 0 Å². The lowest BCUT2D eigenvalue weighted by atomic mass is 10.1. The minimum Gasteiger partial charge on any atom is -0.492 e. The predicted octanol–water partition coefficient (Wildman–Crippen LogP) is 5.01. The third-order valence-electron chi connectivity index (χ3n) is 5.15. The Morgan fingerprint density at radius 3 is 2.84 bits per heavy atom. The number of halogens is 1. The summed E-state index contributed by atoms with van der Waals surface area (Å²) in [5.41, 5.74) is 3.69. The number of amidine groups is 2. The Kier molecular flexibility index (Phi) is 5.55. The number of amides is 1. The standard InChI is InChI=1S/C23H18ClN5O2S/c24-18-7-2-4-9-20(18)31-11-5-10-28-13-15(16-6-1-3-8-19(16)28)12-17-21(25)29-23(27-22(17)30)32-14-26-29/h1-4,6-9,12-14,25H,5,10-11H2. The number of carbonyl (C=O) groups excluding carboxylic acids is 1. The molecule has 1 N–H and O–H groups in total. The molecule has 1 aromatic heterocycles. The number of aromatic nitrogens is 1. The second-order valence-electron chi connectivity index (χ2n) is 7.18. The number of hydrogen-bond acceptors (Lipinski definition) is 5. The first kappa shape index (κ1) is 20.5. The number of thioether (sulfide) groups is 1. The fraction of sp³-hybridized carbons (Fsp3) is 0.130. The van der Waals surface area contributed by atoms with Crippen LogP contribution in [0.2, 0.25) is 5.02 Å². The Hall–Kier alpha value is -3.36. The third-order valence-corrected chi connectivity index (χ3v) is 6.14. The van der Waals surface area contributed by atoms with Crippen molar-refractivity contribution in [3.63, 3.8) is 0 Å². The zero-order valence-corrected chi connectivity index (χ0v) is 18.4. The molecular formula is C23H18ClN5O2S. The normalized spacial score (nSPS) is 16.7. The molecular weight excluding hydrogens is 446 g/mol. The van der Waals surface area contributed by atoms with Crippen LogP contribution in [0.4, 0.5) is 0 Å². The lowest BCUT2D eigenvalue weighted by molar-refractivity contribution is -0.114. The van der Waals surface area contributed by atoms with Gasteiger partial charge in [-0.05, 0) is 42.5 Å². The quantitative estimate of drug-likeness (QED) is 0.411. The average Bonchev–Trinajstić information content (AvgIpc) is 3.40. The molecule has 0 unspecified atom stereocenters. The van der Waals surface area contributed by atoms with E-state index in [4.69, 9.17) is 21.7 Å². The zero-order chi connectivity index (χ0) is 22.1. The highest BCUT2D eigenvalue weighted by Gasteiger charge is 2.32. The first-order valence-corrected chi connectivity index (χ1v) is 11.3. The number of ether oxygens (including phenoxy) is 1. The van der Waals surface area contributed by atoms with Crippen LogP contribution in [0.15, 0.2) is 70.4 Å². The van der Waals surface area contributed by atoms with E-state index in [1.807, 2.05) is 48.7 Å². The SMILES string of the molecule is N=C1C(=Cc2cn(CCCOc3ccccc3Cl)c3ccccc23)C(=O)N=C2SC=NN12. The summed E-state index contributed by atoms with van der Waals surface area (Å²) in [5.74, 6) is 0.282. The molecule has 2 aromatic carbocycles. The number of para-hydroxylation sites is 2. The molecule has 0 saturated carbocycles. The second kappa shape index (κ2) is 8.64. The second-order valence-corrected chi connectivity index (χ2v) is 8.40. The van der Waals surface area contributed by atoms with Gasteiger partial charge in [-0.3, -0.25) is 10.2 Å². The number of aryl methyl sites for hydroxylation is 1. The Bertz CT molecular complexity index is 1330. The molecule has 0 spiro atoms. The molecule has 9 heteroatoms. The van der Waals surface area contributed by atoms with Gasteiger partial charge in [0.25, 0.3) is 5.91 Å². The summed E-state index contributed by atoms with van der Waals surface area (Å²) in [6.45, 7) is 1.26. The summed E-state index contributed by atoms with van der Waals surface area (Å²) in [7, 11) is 0. The lowest BCUT2D eigenvalue weighted by Crippen LogP contribution is -2.35. The number of hydrogen-bond donors (Lipinski definition) is 1. The van der Waals surface area contributed by atoms with Crippen molar-refractivity contribution in [1.82, 2.24) is 9.58 Å². The molecule has 0 bridgehead atoms. The minimum absolute atomic E-state index is 0.0335. The summed E-state index contributed by atoms with van der Waals surface area (Å²) < 4.78 is 7.93. The molecule has 0 atom stereocenters. The largest absolute Gasteiger partial charge is 0.492 e. The highest BCUT2D eigenvalue weighted by molar-refractivity contribution is 8.25. The molecule has 3 aromatic rings. The van der Waals surface area contributed by atoms with E-state index in [1.54, 1.807) is 17.7 Å². The van der Waals surface area contributed by atoms with Gasteiger partial charge in [0.2, 0.25) is 0 Å². The average molecular weight is 464 g/mol. The summed E-state index contributed by atoms with van der Waals surface area (Å²) in [5, 5.41) is 15.9. The molecule has 3 heterocycles. The number of nitrogens with zero attached hydrogens (tertiary/aromatic N) is 4. The predicted molar refractivity (Wildman–Crippen MR) is 130 cm³/mol. The highest BCUT2D eigenvalue weighted by atomic mass is 35.5. The maximum atomic E-state index is 12.5. The minimum atomic E-state index is -0.427.